The van der Waals surface area contributed by atoms with Crippen molar-refractivity contribution in [2.45, 2.75) is 0 Å². The molecule has 0 saturated carbocycles. The van der Waals surface area contributed by atoms with Crippen LogP contribution in [0, 0.1) is 11.6 Å². The van der Waals surface area contributed by atoms with Crippen LogP contribution in [0.1, 0.15) is 0 Å². The van der Waals surface area contributed by atoms with E-state index in [0.717, 1.165) is 6.07 Å². The van der Waals surface area contributed by atoms with Crippen molar-refractivity contribution >= 4 is 57.9 Å². The topological polar surface area (TPSA) is 24.9 Å². The molecule has 0 unspecified atom stereocenters. The number of aromatic nitrogens is 1. The van der Waals surface area contributed by atoms with Crippen molar-refractivity contribution in [3.63, 3.8) is 0 Å². The van der Waals surface area contributed by atoms with Crippen LogP contribution in [0.2, 0.25) is 20.2 Å². The molecule has 0 fully saturated rings. The molecule has 0 aliphatic rings. The summed E-state index contributed by atoms with van der Waals surface area (Å²) in [6.45, 7) is 0. The number of benzene rings is 1. The van der Waals surface area contributed by atoms with Crippen LogP contribution in [0.5, 0.6) is 0 Å². The minimum atomic E-state index is -0.881. The maximum absolute atomic E-state index is 13.6. The summed E-state index contributed by atoms with van der Waals surface area (Å²) in [5, 5.41) is 2.66. The van der Waals surface area contributed by atoms with E-state index in [4.69, 9.17) is 46.4 Å². The van der Waals surface area contributed by atoms with Gasteiger partial charge >= 0.3 is 0 Å². The van der Waals surface area contributed by atoms with Gasteiger partial charge in [-0.05, 0) is 12.1 Å². The van der Waals surface area contributed by atoms with Crippen LogP contribution < -0.4 is 5.32 Å². The first-order valence-corrected chi connectivity index (χ1v) is 6.33. The SMILES string of the molecule is Fc1cc(F)c(Nc2nc(Cl)c(Cl)cc2Cl)c(Cl)c1. The number of hydrogen-bond acceptors (Lipinski definition) is 2. The molecule has 2 aromatic rings. The molecule has 100 valence electrons. The molecule has 0 aliphatic carbocycles. The van der Waals surface area contributed by atoms with Crippen molar-refractivity contribution in [3.05, 3.63) is 50.1 Å². The number of pyridine rings is 1. The number of hydrogen-bond donors (Lipinski definition) is 1. The van der Waals surface area contributed by atoms with Crippen LogP contribution >= 0.6 is 46.4 Å². The van der Waals surface area contributed by atoms with Gasteiger partial charge in [-0.3, -0.25) is 0 Å². The summed E-state index contributed by atoms with van der Waals surface area (Å²) >= 11 is 23.1. The van der Waals surface area contributed by atoms with Gasteiger partial charge in [0.1, 0.15) is 11.0 Å². The van der Waals surface area contributed by atoms with E-state index in [0.29, 0.717) is 6.07 Å². The fourth-order valence-corrected chi connectivity index (χ4v) is 2.10. The van der Waals surface area contributed by atoms with E-state index < -0.39 is 11.6 Å². The Kier molecular flexibility index (Phi) is 4.36. The Morgan fingerprint density at radius 2 is 1.58 bits per heavy atom. The summed E-state index contributed by atoms with van der Waals surface area (Å²) in [6, 6.07) is 2.98. The van der Waals surface area contributed by atoms with Crippen molar-refractivity contribution in [2.75, 3.05) is 5.32 Å². The number of rotatable bonds is 2. The molecule has 1 aromatic heterocycles. The summed E-state index contributed by atoms with van der Waals surface area (Å²) < 4.78 is 26.5. The summed E-state index contributed by atoms with van der Waals surface area (Å²) in [4.78, 5) is 3.84. The Hall–Kier alpha value is -0.810. The molecule has 1 aromatic carbocycles. The molecule has 1 N–H and O–H groups in total. The van der Waals surface area contributed by atoms with Crippen LogP contribution in [-0.4, -0.2) is 4.98 Å². The van der Waals surface area contributed by atoms with Gasteiger partial charge in [0.15, 0.2) is 11.6 Å². The van der Waals surface area contributed by atoms with Gasteiger partial charge in [0.05, 0.1) is 20.8 Å². The Morgan fingerprint density at radius 3 is 2.21 bits per heavy atom. The monoisotopic (exact) mass is 342 g/mol. The predicted octanol–water partition coefficient (Wildman–Crippen LogP) is 5.72. The first-order valence-electron chi connectivity index (χ1n) is 4.81. The fourth-order valence-electron chi connectivity index (χ4n) is 1.31. The zero-order chi connectivity index (χ0) is 14.2. The molecule has 19 heavy (non-hydrogen) atoms. The number of nitrogens with zero attached hydrogens (tertiary/aromatic N) is 1. The van der Waals surface area contributed by atoms with Crippen molar-refractivity contribution < 1.29 is 8.78 Å². The summed E-state index contributed by atoms with van der Waals surface area (Å²) in [5.41, 5.74) is -0.157. The second kappa shape index (κ2) is 5.67. The maximum atomic E-state index is 13.6. The molecule has 0 amide bonds. The average molecular weight is 344 g/mol. The summed E-state index contributed by atoms with van der Waals surface area (Å²) in [5.74, 6) is -1.61. The van der Waals surface area contributed by atoms with Gasteiger partial charge in [-0.1, -0.05) is 46.4 Å². The van der Waals surface area contributed by atoms with Crippen molar-refractivity contribution in [2.24, 2.45) is 0 Å². The van der Waals surface area contributed by atoms with Crippen molar-refractivity contribution in [1.82, 2.24) is 4.98 Å². The zero-order valence-electron chi connectivity index (χ0n) is 8.95. The number of anilines is 2. The van der Waals surface area contributed by atoms with E-state index in [-0.39, 0.29) is 31.7 Å². The molecule has 8 heteroatoms. The molecule has 0 atom stereocenters. The minimum Gasteiger partial charge on any atom is -0.335 e. The minimum absolute atomic E-state index is 0.00721. The molecule has 0 bridgehead atoms. The molecule has 0 aliphatic heterocycles. The Balaban J connectivity index is 2.45. The third kappa shape index (κ3) is 3.20. The summed E-state index contributed by atoms with van der Waals surface area (Å²) in [6.07, 6.45) is 0. The third-order valence-corrected chi connectivity index (χ3v) is 3.40. The second-order valence-electron chi connectivity index (χ2n) is 3.46. The number of halogens is 6. The standard InChI is InChI=1S/C11H4Cl4F2N2/c12-5-1-4(16)2-8(17)9(5)18-11-7(14)3-6(13)10(15)19-11/h1-3H,(H,18,19). The highest BCUT2D eigenvalue weighted by Crippen LogP contribution is 2.34. The highest BCUT2D eigenvalue weighted by atomic mass is 35.5. The molecular weight excluding hydrogens is 340 g/mol. The van der Waals surface area contributed by atoms with Gasteiger partial charge in [-0.15, -0.1) is 0 Å². The highest BCUT2D eigenvalue weighted by Gasteiger charge is 2.14. The molecule has 2 nitrogen and oxygen atoms in total. The van der Waals surface area contributed by atoms with E-state index >= 15 is 0 Å². The van der Waals surface area contributed by atoms with Gasteiger partial charge < -0.3 is 5.32 Å². The Morgan fingerprint density at radius 1 is 0.895 bits per heavy atom. The first-order chi connectivity index (χ1) is 8.88. The van der Waals surface area contributed by atoms with Gasteiger partial charge in [0.25, 0.3) is 0 Å². The van der Waals surface area contributed by atoms with E-state index in [9.17, 15) is 8.78 Å². The van der Waals surface area contributed by atoms with Crippen LogP contribution in [0.4, 0.5) is 20.3 Å². The largest absolute Gasteiger partial charge is 0.335 e. The molecule has 0 spiro atoms. The first kappa shape index (κ1) is 14.6. The molecule has 0 saturated heterocycles. The molecule has 1 heterocycles. The van der Waals surface area contributed by atoms with Crippen LogP contribution in [-0.2, 0) is 0 Å². The second-order valence-corrected chi connectivity index (χ2v) is 5.04. The van der Waals surface area contributed by atoms with Crippen molar-refractivity contribution in [1.29, 1.82) is 0 Å². The quantitative estimate of drug-likeness (QED) is 0.705. The third-order valence-electron chi connectivity index (χ3n) is 2.14. The predicted molar refractivity (Wildman–Crippen MR) is 73.9 cm³/mol. The van der Waals surface area contributed by atoms with Gasteiger partial charge in [-0.2, -0.15) is 0 Å². The van der Waals surface area contributed by atoms with Gasteiger partial charge in [-0.25, -0.2) is 13.8 Å². The van der Waals surface area contributed by atoms with Crippen LogP contribution in [0.3, 0.4) is 0 Å². The molecular formula is C11H4Cl4F2N2. The normalized spacial score (nSPS) is 10.6. The van der Waals surface area contributed by atoms with Gasteiger partial charge in [0, 0.05) is 6.07 Å². The van der Waals surface area contributed by atoms with E-state index in [1.54, 1.807) is 0 Å². The maximum Gasteiger partial charge on any atom is 0.151 e. The molecule has 0 radical (unpaired) electrons. The lowest BCUT2D eigenvalue weighted by Crippen LogP contribution is -1.99. The van der Waals surface area contributed by atoms with E-state index in [1.807, 2.05) is 0 Å². The van der Waals surface area contributed by atoms with Crippen LogP contribution in [0.15, 0.2) is 18.2 Å². The zero-order valence-corrected chi connectivity index (χ0v) is 12.0. The average Bonchev–Trinajstić information content (AvgIpc) is 2.29. The number of nitrogens with one attached hydrogen (secondary N) is 1. The lowest BCUT2D eigenvalue weighted by molar-refractivity contribution is 0.586. The highest BCUT2D eigenvalue weighted by molar-refractivity contribution is 6.43. The smallest absolute Gasteiger partial charge is 0.151 e. The van der Waals surface area contributed by atoms with Gasteiger partial charge in [0.2, 0.25) is 0 Å². The van der Waals surface area contributed by atoms with Crippen LogP contribution in [0.25, 0.3) is 0 Å². The summed E-state index contributed by atoms with van der Waals surface area (Å²) in [7, 11) is 0. The lowest BCUT2D eigenvalue weighted by atomic mass is 10.3. The Labute approximate surface area is 127 Å². The Bertz CT molecular complexity index is 626. The lowest BCUT2D eigenvalue weighted by Gasteiger charge is -2.11. The fraction of sp³-hybridized carbons (Fsp3) is 0. The van der Waals surface area contributed by atoms with E-state index in [2.05, 4.69) is 10.3 Å². The molecule has 2 rings (SSSR count). The van der Waals surface area contributed by atoms with E-state index in [1.165, 1.54) is 6.07 Å². The van der Waals surface area contributed by atoms with Crippen molar-refractivity contribution in [3.8, 4) is 0 Å².